The Morgan fingerprint density at radius 1 is 1.00 bits per heavy atom. The topological polar surface area (TPSA) is 92.8 Å². The molecule has 0 saturated heterocycles. The van der Waals surface area contributed by atoms with Crippen LogP contribution in [0.3, 0.4) is 0 Å². The van der Waals surface area contributed by atoms with E-state index in [2.05, 4.69) is 5.32 Å². The van der Waals surface area contributed by atoms with Crippen molar-refractivity contribution in [3.63, 3.8) is 0 Å². The molecule has 1 aliphatic heterocycles. The van der Waals surface area contributed by atoms with E-state index in [0.717, 1.165) is 4.90 Å². The fourth-order valence-electron chi connectivity index (χ4n) is 2.83. The van der Waals surface area contributed by atoms with Crippen molar-refractivity contribution >= 4 is 46.5 Å². The molecule has 3 rings (SSSR count). The Kier molecular flexibility index (Phi) is 6.03. The highest BCUT2D eigenvalue weighted by molar-refractivity contribution is 6.53. The summed E-state index contributed by atoms with van der Waals surface area (Å²) in [5.41, 5.74) is 1.32. The monoisotopic (exact) mass is 426 g/mol. The zero-order valence-corrected chi connectivity index (χ0v) is 17.3. The zero-order valence-electron chi connectivity index (χ0n) is 16.6. The minimum atomic E-state index is -0.709. The van der Waals surface area contributed by atoms with Crippen LogP contribution in [0.5, 0.6) is 0 Å². The van der Waals surface area contributed by atoms with Crippen molar-refractivity contribution in [1.29, 1.82) is 0 Å². The van der Waals surface area contributed by atoms with E-state index in [0.29, 0.717) is 11.3 Å². The largest absolute Gasteiger partial charge is 0.459 e. The second kappa shape index (κ2) is 8.51. The Morgan fingerprint density at radius 2 is 1.67 bits per heavy atom. The van der Waals surface area contributed by atoms with Gasteiger partial charge in [-0.25, -0.2) is 9.69 Å². The van der Waals surface area contributed by atoms with Crippen LogP contribution >= 0.6 is 11.6 Å². The summed E-state index contributed by atoms with van der Waals surface area (Å²) in [6.07, 6.45) is -0.308. The predicted molar refractivity (Wildman–Crippen MR) is 112 cm³/mol. The van der Waals surface area contributed by atoms with E-state index in [9.17, 15) is 19.2 Å². The number of carbonyl (C=O) groups is 4. The van der Waals surface area contributed by atoms with Gasteiger partial charge in [-0.3, -0.25) is 14.4 Å². The maximum absolute atomic E-state index is 12.9. The summed E-state index contributed by atoms with van der Waals surface area (Å²) in [6, 6.07) is 12.4. The summed E-state index contributed by atoms with van der Waals surface area (Å²) in [6.45, 7) is 4.89. The number of ether oxygens (including phenoxy) is 1. The molecule has 0 aromatic heterocycles. The second-order valence-corrected chi connectivity index (χ2v) is 7.28. The summed E-state index contributed by atoms with van der Waals surface area (Å²) in [7, 11) is 0. The Morgan fingerprint density at radius 3 is 2.27 bits per heavy atom. The SMILES string of the molecule is CC(=O)c1ccc(NC2=C(Cl)C(=O)N(c3cccc(C(=O)OC(C)C)c3)C2=O)cc1. The second-order valence-electron chi connectivity index (χ2n) is 6.90. The smallest absolute Gasteiger partial charge is 0.338 e. The summed E-state index contributed by atoms with van der Waals surface area (Å²) in [5, 5.41) is 2.56. The molecule has 30 heavy (non-hydrogen) atoms. The standard InChI is InChI=1S/C22H19ClN2O5/c1-12(2)30-22(29)15-5-4-6-17(11-15)25-20(27)18(23)19(21(25)28)24-16-9-7-14(8-10-16)13(3)26/h4-12,24H,1-3H3. The summed E-state index contributed by atoms with van der Waals surface area (Å²) in [5.74, 6) is -2.02. The molecule has 0 radical (unpaired) electrons. The third kappa shape index (κ3) is 4.26. The highest BCUT2D eigenvalue weighted by Crippen LogP contribution is 2.30. The van der Waals surface area contributed by atoms with Gasteiger partial charge >= 0.3 is 5.97 Å². The van der Waals surface area contributed by atoms with Gasteiger partial charge in [0.05, 0.1) is 17.4 Å². The number of halogens is 1. The molecule has 0 fully saturated rings. The van der Waals surface area contributed by atoms with Gasteiger partial charge in [0.15, 0.2) is 5.78 Å². The van der Waals surface area contributed by atoms with Crippen molar-refractivity contribution in [3.8, 4) is 0 Å². The van der Waals surface area contributed by atoms with Crippen LogP contribution < -0.4 is 10.2 Å². The van der Waals surface area contributed by atoms with Crippen molar-refractivity contribution in [1.82, 2.24) is 0 Å². The Balaban J connectivity index is 1.85. The van der Waals surface area contributed by atoms with Gasteiger partial charge in [-0.15, -0.1) is 0 Å². The molecule has 2 aromatic carbocycles. The van der Waals surface area contributed by atoms with Crippen LogP contribution in [-0.4, -0.2) is 29.7 Å². The Hall–Kier alpha value is -3.45. The first-order valence-electron chi connectivity index (χ1n) is 9.16. The lowest BCUT2D eigenvalue weighted by Crippen LogP contribution is -2.32. The average Bonchev–Trinajstić information content (AvgIpc) is 2.91. The number of esters is 1. The fourth-order valence-corrected chi connectivity index (χ4v) is 3.05. The van der Waals surface area contributed by atoms with Gasteiger partial charge in [-0.2, -0.15) is 0 Å². The quantitative estimate of drug-likeness (QED) is 0.428. The fraction of sp³-hybridized carbons (Fsp3) is 0.182. The molecule has 7 nitrogen and oxygen atoms in total. The number of amides is 2. The van der Waals surface area contributed by atoms with Gasteiger partial charge < -0.3 is 10.1 Å². The summed E-state index contributed by atoms with van der Waals surface area (Å²) >= 11 is 6.13. The number of hydrogen-bond acceptors (Lipinski definition) is 6. The molecule has 0 spiro atoms. The van der Waals surface area contributed by atoms with E-state index in [-0.39, 0.29) is 33.9 Å². The third-order valence-corrected chi connectivity index (χ3v) is 4.62. The molecule has 0 bridgehead atoms. The van der Waals surface area contributed by atoms with Gasteiger partial charge in [0.1, 0.15) is 10.7 Å². The van der Waals surface area contributed by atoms with Gasteiger partial charge in [0, 0.05) is 11.3 Å². The highest BCUT2D eigenvalue weighted by Gasteiger charge is 2.39. The number of Topliss-reactive ketones (excluding diaryl/α,β-unsaturated/α-hetero) is 1. The molecule has 0 unspecified atom stereocenters. The molecule has 1 heterocycles. The van der Waals surface area contributed by atoms with E-state index in [1.807, 2.05) is 0 Å². The first-order valence-corrected chi connectivity index (χ1v) is 9.54. The lowest BCUT2D eigenvalue weighted by atomic mass is 10.1. The zero-order chi connectivity index (χ0) is 22.0. The number of ketones is 1. The van der Waals surface area contributed by atoms with Crippen molar-refractivity contribution in [2.75, 3.05) is 10.2 Å². The first-order chi connectivity index (χ1) is 14.2. The van der Waals surface area contributed by atoms with Crippen LogP contribution in [0, 0.1) is 0 Å². The molecule has 1 aliphatic rings. The molecule has 0 aliphatic carbocycles. The van der Waals surface area contributed by atoms with Gasteiger partial charge in [-0.1, -0.05) is 17.7 Å². The van der Waals surface area contributed by atoms with E-state index >= 15 is 0 Å². The Labute approximate surface area is 178 Å². The van der Waals surface area contributed by atoms with Gasteiger partial charge in [0.2, 0.25) is 0 Å². The van der Waals surface area contributed by atoms with Crippen molar-refractivity contribution < 1.29 is 23.9 Å². The van der Waals surface area contributed by atoms with Crippen LogP contribution in [0.15, 0.2) is 59.3 Å². The van der Waals surface area contributed by atoms with E-state index in [4.69, 9.17) is 16.3 Å². The maximum atomic E-state index is 12.9. The van der Waals surface area contributed by atoms with Crippen LogP contribution in [0.1, 0.15) is 41.5 Å². The minimum Gasteiger partial charge on any atom is -0.459 e. The van der Waals surface area contributed by atoms with E-state index < -0.39 is 17.8 Å². The molecule has 2 aromatic rings. The molecule has 0 atom stereocenters. The minimum absolute atomic E-state index is 0.0898. The Bertz CT molecular complexity index is 1070. The summed E-state index contributed by atoms with van der Waals surface area (Å²) < 4.78 is 5.16. The summed E-state index contributed by atoms with van der Waals surface area (Å²) in [4.78, 5) is 50.0. The van der Waals surface area contributed by atoms with Gasteiger partial charge in [0.25, 0.3) is 11.8 Å². The van der Waals surface area contributed by atoms with Crippen molar-refractivity contribution in [2.45, 2.75) is 26.9 Å². The van der Waals surface area contributed by atoms with Crippen molar-refractivity contribution in [2.24, 2.45) is 0 Å². The van der Waals surface area contributed by atoms with Crippen molar-refractivity contribution in [3.05, 3.63) is 70.4 Å². The van der Waals surface area contributed by atoms with Gasteiger partial charge in [-0.05, 0) is 63.2 Å². The predicted octanol–water partition coefficient (Wildman–Crippen LogP) is 3.89. The number of rotatable bonds is 6. The maximum Gasteiger partial charge on any atom is 0.338 e. The first kappa shape index (κ1) is 21.3. The number of imide groups is 1. The lowest BCUT2D eigenvalue weighted by Gasteiger charge is -2.16. The van der Waals surface area contributed by atoms with E-state index in [1.165, 1.54) is 25.1 Å². The number of nitrogens with zero attached hydrogens (tertiary/aromatic N) is 1. The number of anilines is 2. The van der Waals surface area contributed by atoms with Crippen LogP contribution in [0.2, 0.25) is 0 Å². The number of hydrogen-bond donors (Lipinski definition) is 1. The molecule has 8 heteroatoms. The van der Waals surface area contributed by atoms with Crippen LogP contribution in [-0.2, 0) is 14.3 Å². The average molecular weight is 427 g/mol. The third-order valence-electron chi connectivity index (χ3n) is 4.27. The number of nitrogens with one attached hydrogen (secondary N) is 1. The molecule has 2 amide bonds. The lowest BCUT2D eigenvalue weighted by molar-refractivity contribution is -0.120. The van der Waals surface area contributed by atoms with Crippen LogP contribution in [0.4, 0.5) is 11.4 Å². The highest BCUT2D eigenvalue weighted by atomic mass is 35.5. The molecular weight excluding hydrogens is 408 g/mol. The molecule has 154 valence electrons. The number of carbonyl (C=O) groups excluding carboxylic acids is 4. The molecular formula is C22H19ClN2O5. The number of benzene rings is 2. The van der Waals surface area contributed by atoms with Crippen LogP contribution in [0.25, 0.3) is 0 Å². The molecule has 0 saturated carbocycles. The van der Waals surface area contributed by atoms with E-state index in [1.54, 1.807) is 44.2 Å². The normalized spacial score (nSPS) is 13.8. The molecule has 1 N–H and O–H groups in total.